The first-order valence-corrected chi connectivity index (χ1v) is 7.64. The molecule has 1 aliphatic carbocycles. The Kier molecular flexibility index (Phi) is 5.26. The number of hydrogen-bond donors (Lipinski definition) is 1. The monoisotopic (exact) mass is 261 g/mol. The Morgan fingerprint density at radius 1 is 1.26 bits per heavy atom. The molecule has 19 heavy (non-hydrogen) atoms. The number of nitrogens with one attached hydrogen (secondary N) is 1. The van der Waals surface area contributed by atoms with Gasteiger partial charge in [0.05, 0.1) is 7.11 Å². The molecule has 0 aliphatic heterocycles. The van der Waals surface area contributed by atoms with Gasteiger partial charge in [0.1, 0.15) is 5.75 Å². The van der Waals surface area contributed by atoms with Gasteiger partial charge in [-0.25, -0.2) is 0 Å². The molecule has 2 nitrogen and oxygen atoms in total. The molecule has 1 N–H and O–H groups in total. The SMILES string of the molecule is CCNC(c1ccc(OC)c(C)c1)C1CCCCC1. The highest BCUT2D eigenvalue weighted by atomic mass is 16.5. The summed E-state index contributed by atoms with van der Waals surface area (Å²) >= 11 is 0. The number of aryl methyl sites for hydroxylation is 1. The maximum atomic E-state index is 5.36. The average molecular weight is 261 g/mol. The van der Waals surface area contributed by atoms with E-state index < -0.39 is 0 Å². The van der Waals surface area contributed by atoms with Crippen LogP contribution in [0.4, 0.5) is 0 Å². The third kappa shape index (κ3) is 3.50. The Labute approximate surface area is 117 Å². The molecule has 1 atom stereocenters. The second-order valence-electron chi connectivity index (χ2n) is 5.66. The fraction of sp³-hybridized carbons (Fsp3) is 0.647. The Morgan fingerprint density at radius 3 is 2.58 bits per heavy atom. The Hall–Kier alpha value is -1.02. The molecule has 1 saturated carbocycles. The molecule has 2 heteroatoms. The van der Waals surface area contributed by atoms with E-state index in [4.69, 9.17) is 4.74 Å². The summed E-state index contributed by atoms with van der Waals surface area (Å²) in [7, 11) is 1.74. The van der Waals surface area contributed by atoms with E-state index in [9.17, 15) is 0 Å². The van der Waals surface area contributed by atoms with E-state index in [2.05, 4.69) is 37.4 Å². The minimum absolute atomic E-state index is 0.509. The standard InChI is InChI=1S/C17H27NO/c1-4-18-17(14-8-6-5-7-9-14)15-10-11-16(19-3)13(2)12-15/h10-12,14,17-18H,4-9H2,1-3H3. The van der Waals surface area contributed by atoms with Gasteiger partial charge < -0.3 is 10.1 Å². The molecule has 0 aromatic heterocycles. The number of methoxy groups -OCH3 is 1. The van der Waals surface area contributed by atoms with Crippen LogP contribution >= 0.6 is 0 Å². The fourth-order valence-electron chi connectivity index (χ4n) is 3.34. The van der Waals surface area contributed by atoms with Crippen molar-refractivity contribution in [3.63, 3.8) is 0 Å². The molecule has 1 aromatic carbocycles. The van der Waals surface area contributed by atoms with Gasteiger partial charge in [-0.15, -0.1) is 0 Å². The minimum Gasteiger partial charge on any atom is -0.496 e. The van der Waals surface area contributed by atoms with E-state index in [1.165, 1.54) is 43.2 Å². The molecule has 0 spiro atoms. The summed E-state index contributed by atoms with van der Waals surface area (Å²) in [5.74, 6) is 1.78. The average Bonchev–Trinajstić information content (AvgIpc) is 2.45. The van der Waals surface area contributed by atoms with Crippen molar-refractivity contribution < 1.29 is 4.74 Å². The van der Waals surface area contributed by atoms with Gasteiger partial charge in [0.2, 0.25) is 0 Å². The Morgan fingerprint density at radius 2 is 2.00 bits per heavy atom. The van der Waals surface area contributed by atoms with Crippen LogP contribution in [0.5, 0.6) is 5.75 Å². The Bertz CT molecular complexity index is 396. The molecular weight excluding hydrogens is 234 g/mol. The molecule has 1 aromatic rings. The van der Waals surface area contributed by atoms with Gasteiger partial charge in [-0.2, -0.15) is 0 Å². The van der Waals surface area contributed by atoms with Crippen LogP contribution in [-0.4, -0.2) is 13.7 Å². The zero-order valence-corrected chi connectivity index (χ0v) is 12.5. The molecule has 0 amide bonds. The van der Waals surface area contributed by atoms with Crippen molar-refractivity contribution in [2.45, 2.75) is 52.0 Å². The van der Waals surface area contributed by atoms with Crippen molar-refractivity contribution in [2.24, 2.45) is 5.92 Å². The van der Waals surface area contributed by atoms with E-state index in [1.807, 2.05) is 0 Å². The number of hydrogen-bond acceptors (Lipinski definition) is 2. The summed E-state index contributed by atoms with van der Waals surface area (Å²) in [5.41, 5.74) is 2.66. The molecule has 0 bridgehead atoms. The van der Waals surface area contributed by atoms with Gasteiger partial charge in [0, 0.05) is 6.04 Å². The van der Waals surface area contributed by atoms with E-state index in [0.29, 0.717) is 6.04 Å². The van der Waals surface area contributed by atoms with Gasteiger partial charge in [-0.05, 0) is 49.4 Å². The van der Waals surface area contributed by atoms with Crippen LogP contribution in [0.3, 0.4) is 0 Å². The van der Waals surface area contributed by atoms with Crippen molar-refractivity contribution in [3.05, 3.63) is 29.3 Å². The first-order valence-electron chi connectivity index (χ1n) is 7.64. The quantitative estimate of drug-likeness (QED) is 0.856. The molecule has 1 unspecified atom stereocenters. The molecule has 0 heterocycles. The van der Waals surface area contributed by atoms with E-state index >= 15 is 0 Å². The van der Waals surface area contributed by atoms with Crippen LogP contribution in [0.2, 0.25) is 0 Å². The van der Waals surface area contributed by atoms with Crippen LogP contribution in [0.25, 0.3) is 0 Å². The van der Waals surface area contributed by atoms with Gasteiger partial charge in [0.25, 0.3) is 0 Å². The molecule has 1 aliphatic rings. The molecule has 0 saturated heterocycles. The van der Waals surface area contributed by atoms with Crippen LogP contribution in [-0.2, 0) is 0 Å². The van der Waals surface area contributed by atoms with Gasteiger partial charge >= 0.3 is 0 Å². The highest BCUT2D eigenvalue weighted by Crippen LogP contribution is 2.35. The van der Waals surface area contributed by atoms with E-state index in [-0.39, 0.29) is 0 Å². The number of benzene rings is 1. The van der Waals surface area contributed by atoms with Crippen molar-refractivity contribution in [3.8, 4) is 5.75 Å². The second-order valence-corrected chi connectivity index (χ2v) is 5.66. The third-order valence-corrected chi connectivity index (χ3v) is 4.32. The van der Waals surface area contributed by atoms with Crippen LogP contribution in [0, 0.1) is 12.8 Å². The first-order chi connectivity index (χ1) is 9.26. The summed E-state index contributed by atoms with van der Waals surface area (Å²) in [6.45, 7) is 5.37. The van der Waals surface area contributed by atoms with Crippen molar-refractivity contribution in [2.75, 3.05) is 13.7 Å². The van der Waals surface area contributed by atoms with Crippen LogP contribution < -0.4 is 10.1 Å². The van der Waals surface area contributed by atoms with Crippen molar-refractivity contribution in [1.29, 1.82) is 0 Å². The van der Waals surface area contributed by atoms with Crippen molar-refractivity contribution in [1.82, 2.24) is 5.32 Å². The van der Waals surface area contributed by atoms with E-state index in [0.717, 1.165) is 18.2 Å². The topological polar surface area (TPSA) is 21.3 Å². The molecule has 106 valence electrons. The third-order valence-electron chi connectivity index (χ3n) is 4.32. The Balaban J connectivity index is 2.19. The summed E-state index contributed by atoms with van der Waals surface area (Å²) in [6.07, 6.45) is 6.92. The summed E-state index contributed by atoms with van der Waals surface area (Å²) in [4.78, 5) is 0. The maximum Gasteiger partial charge on any atom is 0.121 e. The molecule has 2 rings (SSSR count). The minimum atomic E-state index is 0.509. The zero-order chi connectivity index (χ0) is 13.7. The van der Waals surface area contributed by atoms with Gasteiger partial charge in [-0.1, -0.05) is 38.3 Å². The largest absolute Gasteiger partial charge is 0.496 e. The van der Waals surface area contributed by atoms with Crippen LogP contribution in [0.15, 0.2) is 18.2 Å². The predicted octanol–water partition coefficient (Wildman–Crippen LogP) is 4.23. The first kappa shape index (κ1) is 14.4. The fourth-order valence-corrected chi connectivity index (χ4v) is 3.34. The normalized spacial score (nSPS) is 18.3. The van der Waals surface area contributed by atoms with Crippen LogP contribution in [0.1, 0.15) is 56.2 Å². The lowest BCUT2D eigenvalue weighted by Crippen LogP contribution is -2.29. The smallest absolute Gasteiger partial charge is 0.121 e. The number of rotatable bonds is 5. The second kappa shape index (κ2) is 6.95. The van der Waals surface area contributed by atoms with E-state index in [1.54, 1.807) is 7.11 Å². The lowest BCUT2D eigenvalue weighted by Gasteiger charge is -2.31. The molecule has 0 radical (unpaired) electrons. The lowest BCUT2D eigenvalue weighted by molar-refractivity contribution is 0.274. The predicted molar refractivity (Wildman–Crippen MR) is 80.7 cm³/mol. The highest BCUT2D eigenvalue weighted by Gasteiger charge is 2.24. The lowest BCUT2D eigenvalue weighted by atomic mass is 9.81. The zero-order valence-electron chi connectivity index (χ0n) is 12.5. The summed E-state index contributed by atoms with van der Waals surface area (Å²) in [6, 6.07) is 7.14. The van der Waals surface area contributed by atoms with Gasteiger partial charge in [-0.3, -0.25) is 0 Å². The van der Waals surface area contributed by atoms with Crippen molar-refractivity contribution >= 4 is 0 Å². The molecular formula is C17H27NO. The number of ether oxygens (including phenoxy) is 1. The highest BCUT2D eigenvalue weighted by molar-refractivity contribution is 5.37. The summed E-state index contributed by atoms with van der Waals surface area (Å²) < 4.78 is 5.36. The van der Waals surface area contributed by atoms with Gasteiger partial charge in [0.15, 0.2) is 0 Å². The maximum absolute atomic E-state index is 5.36. The summed E-state index contributed by atoms with van der Waals surface area (Å²) in [5, 5.41) is 3.69. The molecule has 1 fully saturated rings.